The van der Waals surface area contributed by atoms with Gasteiger partial charge in [0.1, 0.15) is 11.5 Å². The Morgan fingerprint density at radius 3 is 2.59 bits per heavy atom. The highest BCUT2D eigenvalue weighted by molar-refractivity contribution is 5.92. The predicted molar refractivity (Wildman–Crippen MR) is 106 cm³/mol. The Balaban J connectivity index is 1.73. The van der Waals surface area contributed by atoms with Gasteiger partial charge in [-0.2, -0.15) is 0 Å². The number of amides is 1. The fourth-order valence-electron chi connectivity index (χ4n) is 4.21. The normalized spacial score (nSPS) is 21.6. The molecule has 0 unspecified atom stereocenters. The van der Waals surface area contributed by atoms with Crippen molar-refractivity contribution in [3.05, 3.63) is 59.2 Å². The van der Waals surface area contributed by atoms with Gasteiger partial charge in [-0.05, 0) is 58.6 Å². The van der Waals surface area contributed by atoms with Gasteiger partial charge in [-0.3, -0.25) is 4.79 Å². The fraction of sp³-hybridized carbons (Fsp3) is 0.500. The Kier molecular flexibility index (Phi) is 5.61. The van der Waals surface area contributed by atoms with E-state index in [1.54, 1.807) is 13.0 Å². The lowest BCUT2D eigenvalue weighted by molar-refractivity contribution is -0.0838. The Labute approximate surface area is 161 Å². The average molecular weight is 367 g/mol. The van der Waals surface area contributed by atoms with Gasteiger partial charge in [-0.25, -0.2) is 9.97 Å². The van der Waals surface area contributed by atoms with Gasteiger partial charge in [0.15, 0.2) is 0 Å². The molecular weight excluding hydrogens is 338 g/mol. The van der Waals surface area contributed by atoms with Crippen LogP contribution in [-0.4, -0.2) is 34.6 Å². The van der Waals surface area contributed by atoms with Crippen LogP contribution in [0.2, 0.25) is 0 Å². The van der Waals surface area contributed by atoms with E-state index in [9.17, 15) is 4.79 Å². The predicted octanol–water partition coefficient (Wildman–Crippen LogP) is 3.74. The first-order chi connectivity index (χ1) is 12.8. The number of carbonyl (C=O) groups excluding carboxylic acids is 1. The summed E-state index contributed by atoms with van der Waals surface area (Å²) < 4.78 is 5.96. The molecule has 2 aromatic rings. The molecular formula is C22H29N3O2. The van der Waals surface area contributed by atoms with Crippen LogP contribution in [0.1, 0.15) is 60.7 Å². The minimum atomic E-state index is -0.168. The van der Waals surface area contributed by atoms with Crippen molar-refractivity contribution in [1.29, 1.82) is 0 Å². The molecule has 1 aliphatic rings. The number of hydrogen-bond acceptors (Lipinski definition) is 4. The first-order valence-corrected chi connectivity index (χ1v) is 9.60. The van der Waals surface area contributed by atoms with Gasteiger partial charge in [-0.15, -0.1) is 0 Å². The number of aromatic nitrogens is 2. The van der Waals surface area contributed by atoms with Crippen molar-refractivity contribution in [2.45, 2.75) is 58.0 Å². The molecule has 27 heavy (non-hydrogen) atoms. The minimum absolute atomic E-state index is 0.00773. The van der Waals surface area contributed by atoms with Crippen molar-refractivity contribution >= 4 is 5.91 Å². The van der Waals surface area contributed by atoms with Crippen LogP contribution in [0.5, 0.6) is 0 Å². The van der Waals surface area contributed by atoms with E-state index in [-0.39, 0.29) is 16.9 Å². The van der Waals surface area contributed by atoms with Gasteiger partial charge in [0.25, 0.3) is 5.91 Å². The van der Waals surface area contributed by atoms with Crippen molar-refractivity contribution < 1.29 is 9.53 Å². The topological polar surface area (TPSA) is 64.1 Å². The minimum Gasteiger partial charge on any atom is -0.376 e. The van der Waals surface area contributed by atoms with Crippen molar-refractivity contribution in [1.82, 2.24) is 15.3 Å². The highest BCUT2D eigenvalue weighted by Crippen LogP contribution is 2.43. The van der Waals surface area contributed by atoms with Gasteiger partial charge in [0.2, 0.25) is 0 Å². The molecule has 2 heterocycles. The smallest absolute Gasteiger partial charge is 0.270 e. The molecule has 1 atom stereocenters. The van der Waals surface area contributed by atoms with E-state index in [0.717, 1.165) is 31.6 Å². The quantitative estimate of drug-likeness (QED) is 0.874. The fourth-order valence-corrected chi connectivity index (χ4v) is 4.21. The zero-order valence-corrected chi connectivity index (χ0v) is 16.7. The van der Waals surface area contributed by atoms with Crippen LogP contribution >= 0.6 is 0 Å². The SMILES string of the molecule is Cc1cc(C(=O)NCC[C@@]2(c3ccccc3)CCOC(C)(C)C2)nc(C)n1. The van der Waals surface area contributed by atoms with Crippen LogP contribution in [0.25, 0.3) is 0 Å². The molecule has 5 nitrogen and oxygen atoms in total. The first-order valence-electron chi connectivity index (χ1n) is 9.60. The number of hydrogen-bond donors (Lipinski definition) is 1. The third-order valence-electron chi connectivity index (χ3n) is 5.31. The number of nitrogens with zero attached hydrogens (tertiary/aromatic N) is 2. The van der Waals surface area contributed by atoms with Crippen molar-refractivity contribution in [3.63, 3.8) is 0 Å². The summed E-state index contributed by atoms with van der Waals surface area (Å²) >= 11 is 0. The second kappa shape index (κ2) is 7.77. The van der Waals surface area contributed by atoms with Crippen LogP contribution in [-0.2, 0) is 10.2 Å². The summed E-state index contributed by atoms with van der Waals surface area (Å²) in [5.41, 5.74) is 2.40. The lowest BCUT2D eigenvalue weighted by atomic mass is 9.67. The maximum atomic E-state index is 12.5. The second-order valence-electron chi connectivity index (χ2n) is 8.13. The lowest BCUT2D eigenvalue weighted by Gasteiger charge is -2.45. The van der Waals surface area contributed by atoms with E-state index >= 15 is 0 Å². The molecule has 1 aromatic heterocycles. The molecule has 144 valence electrons. The van der Waals surface area contributed by atoms with E-state index in [1.165, 1.54) is 5.56 Å². The molecule has 0 aliphatic carbocycles. The molecule has 0 spiro atoms. The average Bonchev–Trinajstić information content (AvgIpc) is 2.61. The van der Waals surface area contributed by atoms with Crippen LogP contribution in [0, 0.1) is 13.8 Å². The lowest BCUT2D eigenvalue weighted by Crippen LogP contribution is -2.45. The van der Waals surface area contributed by atoms with Crippen LogP contribution in [0.4, 0.5) is 0 Å². The summed E-state index contributed by atoms with van der Waals surface area (Å²) in [5, 5.41) is 3.05. The number of aryl methyl sites for hydroxylation is 2. The molecule has 5 heteroatoms. The van der Waals surface area contributed by atoms with Crippen molar-refractivity contribution in [2.24, 2.45) is 0 Å². The zero-order valence-electron chi connectivity index (χ0n) is 16.7. The number of ether oxygens (including phenoxy) is 1. The third-order valence-corrected chi connectivity index (χ3v) is 5.31. The van der Waals surface area contributed by atoms with Crippen LogP contribution in [0.15, 0.2) is 36.4 Å². The number of rotatable bonds is 5. The monoisotopic (exact) mass is 367 g/mol. The van der Waals surface area contributed by atoms with Crippen molar-refractivity contribution in [3.8, 4) is 0 Å². The highest BCUT2D eigenvalue weighted by atomic mass is 16.5. The van der Waals surface area contributed by atoms with E-state index in [4.69, 9.17) is 4.74 Å². The van der Waals surface area contributed by atoms with Crippen LogP contribution < -0.4 is 5.32 Å². The number of benzene rings is 1. The van der Waals surface area contributed by atoms with Gasteiger partial charge in [-0.1, -0.05) is 30.3 Å². The van der Waals surface area contributed by atoms with E-state index in [2.05, 4.69) is 53.4 Å². The Hall–Kier alpha value is -2.27. The highest BCUT2D eigenvalue weighted by Gasteiger charge is 2.41. The van der Waals surface area contributed by atoms with Gasteiger partial charge < -0.3 is 10.1 Å². The number of carbonyl (C=O) groups is 1. The molecule has 1 amide bonds. The summed E-state index contributed by atoms with van der Waals surface area (Å²) in [6, 6.07) is 12.3. The van der Waals surface area contributed by atoms with Crippen LogP contribution in [0.3, 0.4) is 0 Å². The zero-order chi connectivity index (χ0) is 19.5. The largest absolute Gasteiger partial charge is 0.376 e. The van der Waals surface area contributed by atoms with Gasteiger partial charge in [0.05, 0.1) is 5.60 Å². The standard InChI is InChI=1S/C22H29N3O2/c1-16-14-19(25-17(2)24-16)20(26)23-12-10-22(18-8-6-5-7-9-18)11-13-27-21(3,4)15-22/h5-9,14H,10-13,15H2,1-4H3,(H,23,26)/t22-/m1/s1. The Morgan fingerprint density at radius 1 is 1.19 bits per heavy atom. The Bertz CT molecular complexity index is 784. The first kappa shape index (κ1) is 19.5. The van der Waals surface area contributed by atoms with Gasteiger partial charge >= 0.3 is 0 Å². The molecule has 1 N–H and O–H groups in total. The molecule has 1 fully saturated rings. The summed E-state index contributed by atoms with van der Waals surface area (Å²) in [7, 11) is 0. The number of nitrogens with one attached hydrogen (secondary N) is 1. The second-order valence-corrected chi connectivity index (χ2v) is 8.13. The molecule has 3 rings (SSSR count). The summed E-state index contributed by atoms with van der Waals surface area (Å²) in [5.74, 6) is 0.477. The van der Waals surface area contributed by atoms with Gasteiger partial charge in [0, 0.05) is 24.3 Å². The van der Waals surface area contributed by atoms with E-state index < -0.39 is 0 Å². The summed E-state index contributed by atoms with van der Waals surface area (Å²) in [6.45, 7) is 9.31. The molecule has 1 saturated heterocycles. The summed E-state index contributed by atoms with van der Waals surface area (Å²) in [4.78, 5) is 21.0. The molecule has 0 bridgehead atoms. The summed E-state index contributed by atoms with van der Waals surface area (Å²) in [6.07, 6.45) is 2.77. The van der Waals surface area contributed by atoms with Crippen molar-refractivity contribution in [2.75, 3.05) is 13.2 Å². The molecule has 0 saturated carbocycles. The molecule has 0 radical (unpaired) electrons. The van der Waals surface area contributed by atoms with E-state index in [0.29, 0.717) is 18.1 Å². The molecule has 1 aromatic carbocycles. The van der Waals surface area contributed by atoms with E-state index in [1.807, 2.05) is 13.0 Å². The maximum absolute atomic E-state index is 12.5. The third kappa shape index (κ3) is 4.72. The molecule has 1 aliphatic heterocycles. The Morgan fingerprint density at radius 2 is 1.93 bits per heavy atom. The maximum Gasteiger partial charge on any atom is 0.270 e.